The zero-order valence-electron chi connectivity index (χ0n) is 19.9. The Morgan fingerprint density at radius 1 is 0.588 bits per heavy atom. The number of hydrogen-bond acceptors (Lipinski definition) is 5. The smallest absolute Gasteiger partial charge is 0.115 e. The van der Waals surface area contributed by atoms with Gasteiger partial charge in [0.05, 0.1) is 32.5 Å². The molecule has 1 aliphatic rings. The second kappa shape index (κ2) is 12.8. The first-order valence-electron chi connectivity index (χ1n) is 11.9. The lowest BCUT2D eigenvalue weighted by Crippen LogP contribution is -2.60. The minimum Gasteiger partial charge on any atom is -0.382 e. The Bertz CT molecular complexity index is 950. The first-order chi connectivity index (χ1) is 16.7. The van der Waals surface area contributed by atoms with Crippen LogP contribution in [-0.2, 0) is 43.5 Å². The summed E-state index contributed by atoms with van der Waals surface area (Å²) in [6.45, 7) is 3.85. The predicted molar refractivity (Wildman–Crippen MR) is 131 cm³/mol. The van der Waals surface area contributed by atoms with Crippen molar-refractivity contribution in [3.8, 4) is 0 Å². The highest BCUT2D eigenvalue weighted by molar-refractivity contribution is 5.15. The lowest BCUT2D eigenvalue weighted by atomic mass is 9.94. The molecule has 1 saturated heterocycles. The van der Waals surface area contributed by atoms with Crippen molar-refractivity contribution in [1.82, 2.24) is 0 Å². The molecule has 34 heavy (non-hydrogen) atoms. The van der Waals surface area contributed by atoms with E-state index in [1.54, 1.807) is 7.11 Å². The van der Waals surface area contributed by atoms with Gasteiger partial charge in [0.15, 0.2) is 0 Å². The summed E-state index contributed by atoms with van der Waals surface area (Å²) in [5.74, 6) is 0. The Kier molecular flexibility index (Phi) is 9.25. The van der Waals surface area contributed by atoms with Gasteiger partial charge >= 0.3 is 0 Å². The lowest BCUT2D eigenvalue weighted by molar-refractivity contribution is -0.267. The molecule has 1 unspecified atom stereocenters. The molecule has 1 aliphatic heterocycles. The first-order valence-corrected chi connectivity index (χ1v) is 11.9. The van der Waals surface area contributed by atoms with Crippen molar-refractivity contribution in [2.24, 2.45) is 0 Å². The molecule has 1 heterocycles. The summed E-state index contributed by atoms with van der Waals surface area (Å²) in [5.41, 5.74) is 3.31. The molecule has 0 aliphatic carbocycles. The van der Waals surface area contributed by atoms with Gasteiger partial charge in [0.25, 0.3) is 0 Å². The van der Waals surface area contributed by atoms with E-state index in [1.807, 2.05) is 61.5 Å². The van der Waals surface area contributed by atoms with Crippen LogP contribution in [0.3, 0.4) is 0 Å². The van der Waals surface area contributed by atoms with E-state index in [1.165, 1.54) is 0 Å². The molecule has 4 rings (SSSR count). The molecule has 180 valence electrons. The van der Waals surface area contributed by atoms with E-state index in [0.717, 1.165) is 16.7 Å². The van der Waals surface area contributed by atoms with Crippen LogP contribution in [0, 0.1) is 0 Å². The summed E-state index contributed by atoms with van der Waals surface area (Å²) in [6, 6.07) is 30.5. The van der Waals surface area contributed by atoms with Crippen LogP contribution < -0.4 is 0 Å². The van der Waals surface area contributed by atoms with Gasteiger partial charge in [-0.05, 0) is 23.6 Å². The van der Waals surface area contributed by atoms with Crippen molar-refractivity contribution >= 4 is 0 Å². The number of rotatable bonds is 11. The van der Waals surface area contributed by atoms with Gasteiger partial charge in [0, 0.05) is 7.11 Å². The minimum absolute atomic E-state index is 0.179. The second-order valence-corrected chi connectivity index (χ2v) is 8.62. The molecule has 5 atom stereocenters. The van der Waals surface area contributed by atoms with Gasteiger partial charge < -0.3 is 23.7 Å². The van der Waals surface area contributed by atoms with Gasteiger partial charge in [0.1, 0.15) is 24.4 Å². The molecule has 5 nitrogen and oxygen atoms in total. The molecular weight excluding hydrogens is 428 g/mol. The fourth-order valence-corrected chi connectivity index (χ4v) is 4.32. The topological polar surface area (TPSA) is 46.2 Å². The molecular formula is C29H34O5. The largest absolute Gasteiger partial charge is 0.382 e. The maximum atomic E-state index is 6.53. The second-order valence-electron chi connectivity index (χ2n) is 8.62. The highest BCUT2D eigenvalue weighted by Crippen LogP contribution is 2.30. The lowest BCUT2D eigenvalue weighted by Gasteiger charge is -2.45. The van der Waals surface area contributed by atoms with Gasteiger partial charge in [0.2, 0.25) is 0 Å². The molecule has 0 amide bonds. The van der Waals surface area contributed by atoms with Crippen molar-refractivity contribution in [3.05, 3.63) is 108 Å². The molecule has 0 aromatic heterocycles. The molecule has 5 heteroatoms. The summed E-state index contributed by atoms with van der Waals surface area (Å²) in [7, 11) is 1.68. The Labute approximate surface area is 202 Å². The van der Waals surface area contributed by atoms with Gasteiger partial charge in [-0.25, -0.2) is 0 Å². The van der Waals surface area contributed by atoms with Crippen molar-refractivity contribution in [1.29, 1.82) is 0 Å². The van der Waals surface area contributed by atoms with Gasteiger partial charge in [-0.3, -0.25) is 0 Å². The van der Waals surface area contributed by atoms with E-state index in [0.29, 0.717) is 26.4 Å². The standard InChI is InChI=1S/C29H34O5/c1-22-27(31-18-23-12-6-3-7-13-23)29(33-20-25-16-10-5-11-17-25)28(26(34-22)21-30-2)32-19-24-14-8-4-9-15-24/h3-17,22,26-29H,18-21H2,1-2H3/t22?,26-,27+,28-,29-/m1/s1. The zero-order chi connectivity index (χ0) is 23.6. The molecule has 0 spiro atoms. The van der Waals surface area contributed by atoms with Crippen LogP contribution in [0.5, 0.6) is 0 Å². The van der Waals surface area contributed by atoms with Crippen LogP contribution in [0.25, 0.3) is 0 Å². The van der Waals surface area contributed by atoms with Crippen molar-refractivity contribution in [2.45, 2.75) is 57.3 Å². The molecule has 3 aromatic rings. The van der Waals surface area contributed by atoms with E-state index in [2.05, 4.69) is 36.4 Å². The SMILES string of the molecule is COC[C@H]1OC(C)[C@H](OCc2ccccc2)[C@@H](OCc2ccccc2)[C@@H]1OCc1ccccc1. The Morgan fingerprint density at radius 2 is 1.00 bits per heavy atom. The fraction of sp³-hybridized carbons (Fsp3) is 0.379. The van der Waals surface area contributed by atoms with Gasteiger partial charge in [-0.1, -0.05) is 91.0 Å². The van der Waals surface area contributed by atoms with Gasteiger partial charge in [-0.2, -0.15) is 0 Å². The predicted octanol–water partition coefficient (Wildman–Crippen LogP) is 5.18. The summed E-state index contributed by atoms with van der Waals surface area (Å²) < 4.78 is 31.3. The van der Waals surface area contributed by atoms with Crippen LogP contribution in [0.2, 0.25) is 0 Å². The van der Waals surface area contributed by atoms with Crippen LogP contribution in [-0.4, -0.2) is 44.2 Å². The summed E-state index contributed by atoms with van der Waals surface area (Å²) in [4.78, 5) is 0. The molecule has 0 bridgehead atoms. The summed E-state index contributed by atoms with van der Waals surface area (Å²) in [5, 5.41) is 0. The van der Waals surface area contributed by atoms with E-state index in [4.69, 9.17) is 23.7 Å². The number of ether oxygens (including phenoxy) is 5. The third-order valence-electron chi connectivity index (χ3n) is 6.05. The number of hydrogen-bond donors (Lipinski definition) is 0. The van der Waals surface area contributed by atoms with Crippen LogP contribution in [0.15, 0.2) is 91.0 Å². The monoisotopic (exact) mass is 462 g/mol. The van der Waals surface area contributed by atoms with E-state index in [9.17, 15) is 0 Å². The van der Waals surface area contributed by atoms with Crippen LogP contribution in [0.1, 0.15) is 23.6 Å². The highest BCUT2D eigenvalue weighted by Gasteiger charge is 2.46. The van der Waals surface area contributed by atoms with Crippen molar-refractivity contribution in [3.63, 3.8) is 0 Å². The molecule has 1 fully saturated rings. The number of benzene rings is 3. The Hall–Kier alpha value is -2.54. The fourth-order valence-electron chi connectivity index (χ4n) is 4.32. The third-order valence-corrected chi connectivity index (χ3v) is 6.05. The molecule has 3 aromatic carbocycles. The van der Waals surface area contributed by atoms with Crippen molar-refractivity contribution in [2.75, 3.05) is 13.7 Å². The summed E-state index contributed by atoms with van der Waals surface area (Å²) >= 11 is 0. The van der Waals surface area contributed by atoms with E-state index in [-0.39, 0.29) is 30.5 Å². The van der Waals surface area contributed by atoms with E-state index < -0.39 is 0 Å². The van der Waals surface area contributed by atoms with E-state index >= 15 is 0 Å². The quantitative estimate of drug-likeness (QED) is 0.393. The number of methoxy groups -OCH3 is 1. The first kappa shape index (κ1) is 24.6. The molecule has 0 saturated carbocycles. The van der Waals surface area contributed by atoms with Crippen LogP contribution in [0.4, 0.5) is 0 Å². The average Bonchev–Trinajstić information content (AvgIpc) is 2.88. The minimum atomic E-state index is -0.346. The third kappa shape index (κ3) is 6.75. The maximum absolute atomic E-state index is 6.53. The van der Waals surface area contributed by atoms with Gasteiger partial charge in [-0.15, -0.1) is 0 Å². The molecule has 0 radical (unpaired) electrons. The Balaban J connectivity index is 1.55. The maximum Gasteiger partial charge on any atom is 0.115 e. The zero-order valence-corrected chi connectivity index (χ0v) is 19.9. The van der Waals surface area contributed by atoms with Crippen LogP contribution >= 0.6 is 0 Å². The molecule has 0 N–H and O–H groups in total. The normalized spacial score (nSPS) is 24.7. The summed E-state index contributed by atoms with van der Waals surface area (Å²) in [6.07, 6.45) is -1.41. The Morgan fingerprint density at radius 3 is 1.44 bits per heavy atom. The van der Waals surface area contributed by atoms with Crippen molar-refractivity contribution < 1.29 is 23.7 Å². The highest BCUT2D eigenvalue weighted by atomic mass is 16.6. The average molecular weight is 463 g/mol.